The van der Waals surface area contributed by atoms with E-state index < -0.39 is 11.8 Å². The summed E-state index contributed by atoms with van der Waals surface area (Å²) >= 11 is 2.69. The summed E-state index contributed by atoms with van der Waals surface area (Å²) in [4.78, 5) is 28.7. The topological polar surface area (TPSA) is 116 Å². The monoisotopic (exact) mass is 700 g/mol. The first-order chi connectivity index (χ1) is 23.0. The summed E-state index contributed by atoms with van der Waals surface area (Å²) < 4.78 is 53.1. The molecular weight excluding hydrogens is 669 g/mol. The molecule has 1 aliphatic carbocycles. The number of rotatable bonds is 10. The molecule has 48 heavy (non-hydrogen) atoms. The zero-order chi connectivity index (χ0) is 33.5. The summed E-state index contributed by atoms with van der Waals surface area (Å²) in [5.41, 5.74) is 2.78. The lowest BCUT2D eigenvalue weighted by Crippen LogP contribution is -2.56. The molecule has 16 heteroatoms. The fraction of sp³-hybridized carbons (Fsp3) is 0.438. The van der Waals surface area contributed by atoms with Gasteiger partial charge in [-0.1, -0.05) is 53.4 Å². The smallest absolute Gasteiger partial charge is 0.282 e. The van der Waals surface area contributed by atoms with Crippen LogP contribution in [0.3, 0.4) is 0 Å². The molecule has 7 rings (SSSR count). The van der Waals surface area contributed by atoms with E-state index in [9.17, 15) is 27.2 Å². The molecule has 0 bridgehead atoms. The third kappa shape index (κ3) is 7.59. The molecule has 2 amide bonds. The van der Waals surface area contributed by atoms with Gasteiger partial charge in [0.15, 0.2) is 0 Å². The minimum Gasteiger partial charge on any atom is -0.359 e. The van der Waals surface area contributed by atoms with Gasteiger partial charge >= 0.3 is 0 Å². The van der Waals surface area contributed by atoms with Gasteiger partial charge < -0.3 is 20.4 Å². The lowest BCUT2D eigenvalue weighted by Gasteiger charge is -2.40. The predicted octanol–water partition coefficient (Wildman–Crippen LogP) is 6.10. The second kappa shape index (κ2) is 13.0. The predicted molar refractivity (Wildman–Crippen MR) is 176 cm³/mol. The summed E-state index contributed by atoms with van der Waals surface area (Å²) in [6.45, 7) is -1.28. The van der Waals surface area contributed by atoms with Crippen molar-refractivity contribution in [2.24, 2.45) is 0 Å². The van der Waals surface area contributed by atoms with Crippen molar-refractivity contribution in [1.82, 2.24) is 20.4 Å². The highest BCUT2D eigenvalue weighted by Crippen LogP contribution is 2.43. The number of aromatic nitrogens is 4. The molecule has 2 unspecified atom stereocenters. The quantitative estimate of drug-likeness (QED) is 0.191. The van der Waals surface area contributed by atoms with Crippen LogP contribution in [0.2, 0.25) is 0 Å². The molecule has 3 aliphatic rings. The van der Waals surface area contributed by atoms with E-state index in [4.69, 9.17) is 0 Å². The molecule has 2 N–H and O–H groups in total. The van der Waals surface area contributed by atoms with Crippen molar-refractivity contribution in [3.05, 3.63) is 69.7 Å². The van der Waals surface area contributed by atoms with E-state index in [0.717, 1.165) is 46.8 Å². The van der Waals surface area contributed by atoms with Crippen LogP contribution in [-0.2, 0) is 22.4 Å². The van der Waals surface area contributed by atoms with Crippen LogP contribution < -0.4 is 20.4 Å². The normalized spacial score (nSPS) is 21.2. The maximum Gasteiger partial charge on any atom is 0.282 e. The number of carbonyl (C=O) groups excluding carboxylic acids is 2. The molecule has 252 valence electrons. The van der Waals surface area contributed by atoms with Gasteiger partial charge in [-0.25, -0.2) is 17.6 Å². The third-order valence-electron chi connectivity index (χ3n) is 8.72. The molecule has 1 saturated carbocycles. The molecule has 2 aliphatic heterocycles. The van der Waals surface area contributed by atoms with Gasteiger partial charge in [0.05, 0.1) is 39.0 Å². The summed E-state index contributed by atoms with van der Waals surface area (Å²) in [6.07, 6.45) is 3.77. The lowest BCUT2D eigenvalue weighted by atomic mass is 9.82. The van der Waals surface area contributed by atoms with Gasteiger partial charge in [0.2, 0.25) is 22.1 Å². The summed E-state index contributed by atoms with van der Waals surface area (Å²) in [5, 5.41) is 25.2. The number of halogens is 4. The zero-order valence-corrected chi connectivity index (χ0v) is 27.3. The van der Waals surface area contributed by atoms with Crippen LogP contribution in [0.4, 0.5) is 39.2 Å². The van der Waals surface area contributed by atoms with Crippen LogP contribution in [-0.4, -0.2) is 70.2 Å². The first-order valence-corrected chi connectivity index (χ1v) is 17.3. The molecule has 2 saturated heterocycles. The number of anilines is 4. The summed E-state index contributed by atoms with van der Waals surface area (Å²) in [5.74, 6) is -5.59. The number of carbonyl (C=O) groups is 2. The van der Waals surface area contributed by atoms with Crippen molar-refractivity contribution in [2.75, 3.05) is 46.6 Å². The highest BCUT2D eigenvalue weighted by molar-refractivity contribution is 7.15. The molecule has 4 aromatic rings. The van der Waals surface area contributed by atoms with E-state index in [-0.39, 0.29) is 62.7 Å². The van der Waals surface area contributed by atoms with Crippen molar-refractivity contribution >= 4 is 56.1 Å². The summed E-state index contributed by atoms with van der Waals surface area (Å²) in [7, 11) is 0. The fourth-order valence-electron chi connectivity index (χ4n) is 6.35. The number of hydrogen-bond donors (Lipinski definition) is 2. The van der Waals surface area contributed by atoms with Gasteiger partial charge in [0.25, 0.3) is 11.8 Å². The standard InChI is InChI=1S/C32H32F4N8O2S2/c33-31(34)15-43(16-31)23-8-1-4-19(10-23)12-25(45)37-29-41-39-27(47-29)21-6-3-7-22(14-21)28-40-42-30(48-28)38-26(46)13-20-5-2-9-24(11-20)44-17-32(35,36)18-44/h1-2,4-5,8-11,21-22H,3,6-7,12-18H2,(H,37,41,45)(H,38,42,46). The Morgan fingerprint density at radius 1 is 0.708 bits per heavy atom. The Bertz CT molecular complexity index is 1670. The van der Waals surface area contributed by atoms with E-state index in [1.54, 1.807) is 58.3 Å². The van der Waals surface area contributed by atoms with E-state index in [1.807, 2.05) is 0 Å². The van der Waals surface area contributed by atoms with Crippen molar-refractivity contribution < 1.29 is 27.2 Å². The van der Waals surface area contributed by atoms with Gasteiger partial charge in [-0.05, 0) is 54.7 Å². The number of hydrogen-bond acceptors (Lipinski definition) is 10. The van der Waals surface area contributed by atoms with Gasteiger partial charge in [0.1, 0.15) is 10.0 Å². The molecule has 2 atom stereocenters. The first-order valence-electron chi connectivity index (χ1n) is 15.7. The van der Waals surface area contributed by atoms with E-state index >= 15 is 0 Å². The molecule has 2 aromatic heterocycles. The number of nitrogens with zero attached hydrogens (tertiary/aromatic N) is 6. The van der Waals surface area contributed by atoms with Crippen LogP contribution in [0.5, 0.6) is 0 Å². The fourth-order valence-corrected chi connectivity index (χ4v) is 8.17. The molecule has 10 nitrogen and oxygen atoms in total. The van der Waals surface area contributed by atoms with Crippen molar-refractivity contribution in [3.8, 4) is 0 Å². The average Bonchev–Trinajstić information content (AvgIpc) is 3.69. The van der Waals surface area contributed by atoms with Crippen molar-refractivity contribution in [2.45, 2.75) is 62.2 Å². The number of benzene rings is 2. The SMILES string of the molecule is O=C(Cc1cccc(N2CC(F)(F)C2)c1)Nc1nnc(C2CCCC(c3nnc(NC(=O)Cc4cccc(N5CC(F)(F)C5)c4)s3)C2)s1. The minimum atomic E-state index is -2.67. The van der Waals surface area contributed by atoms with Crippen LogP contribution >= 0.6 is 22.7 Å². The molecular formula is C32H32F4N8O2S2. The highest BCUT2D eigenvalue weighted by atomic mass is 32.1. The number of nitrogens with one attached hydrogen (secondary N) is 2. The Labute approximate surface area is 281 Å². The van der Waals surface area contributed by atoms with Crippen molar-refractivity contribution in [1.29, 1.82) is 0 Å². The van der Waals surface area contributed by atoms with Crippen LogP contribution in [0, 0.1) is 0 Å². The lowest BCUT2D eigenvalue weighted by molar-refractivity contribution is -0.116. The number of amides is 2. The van der Waals surface area contributed by atoms with E-state index in [0.29, 0.717) is 21.6 Å². The molecule has 0 spiro atoms. The number of alkyl halides is 4. The zero-order valence-electron chi connectivity index (χ0n) is 25.7. The molecule has 2 aromatic carbocycles. The molecule has 3 fully saturated rings. The third-order valence-corrected chi connectivity index (χ3v) is 10.7. The molecule has 0 radical (unpaired) electrons. The Balaban J connectivity index is 0.899. The van der Waals surface area contributed by atoms with Gasteiger partial charge in [0, 0.05) is 23.2 Å². The van der Waals surface area contributed by atoms with E-state index in [1.165, 1.54) is 22.7 Å². The van der Waals surface area contributed by atoms with Crippen molar-refractivity contribution in [3.63, 3.8) is 0 Å². The first kappa shape index (κ1) is 32.4. The second-order valence-electron chi connectivity index (χ2n) is 12.7. The van der Waals surface area contributed by atoms with Crippen LogP contribution in [0.25, 0.3) is 0 Å². The Kier molecular flexibility index (Phi) is 8.79. The Morgan fingerprint density at radius 3 is 1.56 bits per heavy atom. The largest absolute Gasteiger partial charge is 0.359 e. The van der Waals surface area contributed by atoms with Crippen LogP contribution in [0.1, 0.15) is 58.7 Å². The second-order valence-corrected chi connectivity index (χ2v) is 14.7. The average molecular weight is 701 g/mol. The molecule has 4 heterocycles. The maximum absolute atomic E-state index is 13.3. The van der Waals surface area contributed by atoms with E-state index in [2.05, 4.69) is 31.0 Å². The van der Waals surface area contributed by atoms with Gasteiger partial charge in [-0.15, -0.1) is 20.4 Å². The summed E-state index contributed by atoms with van der Waals surface area (Å²) in [6, 6.07) is 14.1. The van der Waals surface area contributed by atoms with Crippen LogP contribution in [0.15, 0.2) is 48.5 Å². The minimum absolute atomic E-state index is 0.0842. The van der Waals surface area contributed by atoms with Gasteiger partial charge in [-0.2, -0.15) is 0 Å². The maximum atomic E-state index is 13.3. The highest BCUT2D eigenvalue weighted by Gasteiger charge is 2.44. The Hall–Kier alpha value is -4.18. The Morgan fingerprint density at radius 2 is 1.15 bits per heavy atom. The van der Waals surface area contributed by atoms with Gasteiger partial charge in [-0.3, -0.25) is 9.59 Å².